The van der Waals surface area contributed by atoms with Gasteiger partial charge in [0.1, 0.15) is 0 Å². The number of fused-ring (bicyclic) bond motifs is 3. The third-order valence-electron chi connectivity index (χ3n) is 10.6. The third-order valence-corrected chi connectivity index (χ3v) is 10.6. The topological polar surface area (TPSA) is 16.1 Å². The molecule has 0 amide bonds. The van der Waals surface area contributed by atoms with Crippen LogP contribution in [0.15, 0.2) is 194 Å². The molecule has 0 aliphatic heterocycles. The number of rotatable bonds is 7. The number of benzene rings is 7. The minimum Gasteiger partial charge on any atom is -0.311 e. The number of hydrogen-bond donors (Lipinski definition) is 0. The van der Waals surface area contributed by atoms with Crippen molar-refractivity contribution < 1.29 is 0 Å². The molecule has 0 N–H and O–H groups in total. The van der Waals surface area contributed by atoms with Gasteiger partial charge in [-0.25, -0.2) is 0 Å². The van der Waals surface area contributed by atoms with Crippen molar-refractivity contribution in [2.24, 2.45) is 0 Å². The zero-order chi connectivity index (χ0) is 35.1. The standard InChI is InChI=1S/C50H38N2/c1-50(2)48-34-51-32-31-46(48)47-18-10-17-45(49(47)50)41-16-9-15-40(33-41)39-23-29-44(30-24-39)52(42-25-19-37(20-26-42)35-11-5-3-6-12-35)43-27-21-38(22-28-43)36-13-7-4-8-14-36/h3-34H,1-2H3. The summed E-state index contributed by atoms with van der Waals surface area (Å²) in [5.74, 6) is 0. The van der Waals surface area contributed by atoms with Gasteiger partial charge in [-0.3, -0.25) is 4.98 Å². The second-order valence-corrected chi connectivity index (χ2v) is 14.1. The SMILES string of the molecule is CC1(C)c2cnccc2-c2cccc(-c3cccc(-c4ccc(N(c5ccc(-c6ccccc6)cc5)c5ccc(-c6ccccc6)cc5)cc4)c3)c21. The van der Waals surface area contributed by atoms with Crippen LogP contribution >= 0.6 is 0 Å². The Labute approximate surface area is 306 Å². The van der Waals surface area contributed by atoms with Crippen molar-refractivity contribution in [3.8, 4) is 55.6 Å². The third kappa shape index (κ3) is 5.59. The maximum atomic E-state index is 4.48. The first-order valence-electron chi connectivity index (χ1n) is 17.9. The summed E-state index contributed by atoms with van der Waals surface area (Å²) in [4.78, 5) is 6.82. The average molecular weight is 667 g/mol. The quantitative estimate of drug-likeness (QED) is 0.168. The number of nitrogens with zero attached hydrogens (tertiary/aromatic N) is 2. The molecule has 0 bridgehead atoms. The molecule has 9 rings (SSSR count). The Morgan fingerprint density at radius 1 is 0.385 bits per heavy atom. The molecule has 52 heavy (non-hydrogen) atoms. The molecule has 0 radical (unpaired) electrons. The van der Waals surface area contributed by atoms with Crippen LogP contribution < -0.4 is 4.90 Å². The highest BCUT2D eigenvalue weighted by Crippen LogP contribution is 2.52. The van der Waals surface area contributed by atoms with Gasteiger partial charge in [0, 0.05) is 34.9 Å². The van der Waals surface area contributed by atoms with Crippen LogP contribution in [0.5, 0.6) is 0 Å². The van der Waals surface area contributed by atoms with E-state index in [2.05, 4.69) is 206 Å². The van der Waals surface area contributed by atoms with Gasteiger partial charge in [0.05, 0.1) is 0 Å². The van der Waals surface area contributed by atoms with E-state index in [9.17, 15) is 0 Å². The lowest BCUT2D eigenvalue weighted by molar-refractivity contribution is 0.659. The molecule has 0 unspecified atom stereocenters. The molecule has 1 heterocycles. The summed E-state index contributed by atoms with van der Waals surface area (Å²) in [5, 5.41) is 0. The van der Waals surface area contributed by atoms with Crippen molar-refractivity contribution in [3.05, 3.63) is 206 Å². The number of anilines is 3. The molecule has 8 aromatic rings. The first kappa shape index (κ1) is 31.5. The summed E-state index contributed by atoms with van der Waals surface area (Å²) in [6.07, 6.45) is 3.94. The predicted molar refractivity (Wildman–Crippen MR) is 218 cm³/mol. The smallest absolute Gasteiger partial charge is 0.0462 e. The Morgan fingerprint density at radius 2 is 0.827 bits per heavy atom. The van der Waals surface area contributed by atoms with Crippen LogP contribution in [-0.4, -0.2) is 4.98 Å². The number of pyridine rings is 1. The largest absolute Gasteiger partial charge is 0.311 e. The van der Waals surface area contributed by atoms with Gasteiger partial charge in [0.2, 0.25) is 0 Å². The van der Waals surface area contributed by atoms with Crippen molar-refractivity contribution in [2.75, 3.05) is 4.90 Å². The van der Waals surface area contributed by atoms with Crippen molar-refractivity contribution >= 4 is 17.1 Å². The molecule has 2 heteroatoms. The lowest BCUT2D eigenvalue weighted by Gasteiger charge is -2.26. The maximum Gasteiger partial charge on any atom is 0.0462 e. The first-order valence-corrected chi connectivity index (χ1v) is 17.9. The van der Waals surface area contributed by atoms with E-state index in [-0.39, 0.29) is 5.41 Å². The molecular weight excluding hydrogens is 629 g/mol. The summed E-state index contributed by atoms with van der Waals surface area (Å²) < 4.78 is 0. The fraction of sp³-hybridized carbons (Fsp3) is 0.0600. The van der Waals surface area contributed by atoms with Crippen LogP contribution in [0.4, 0.5) is 17.1 Å². The molecule has 0 saturated carbocycles. The van der Waals surface area contributed by atoms with Crippen LogP contribution in [0, 0.1) is 0 Å². The van der Waals surface area contributed by atoms with Crippen molar-refractivity contribution in [2.45, 2.75) is 19.3 Å². The molecule has 1 aliphatic rings. The molecule has 1 aromatic heterocycles. The predicted octanol–water partition coefficient (Wildman–Crippen LogP) is 13.5. The van der Waals surface area contributed by atoms with Gasteiger partial charge >= 0.3 is 0 Å². The van der Waals surface area contributed by atoms with Gasteiger partial charge in [-0.1, -0.05) is 147 Å². The summed E-state index contributed by atoms with van der Waals surface area (Å²) in [7, 11) is 0. The van der Waals surface area contributed by atoms with Crippen LogP contribution in [0.2, 0.25) is 0 Å². The van der Waals surface area contributed by atoms with E-state index in [1.165, 1.54) is 66.8 Å². The Hall–Kier alpha value is -6.51. The normalized spacial score (nSPS) is 12.6. The molecule has 0 spiro atoms. The van der Waals surface area contributed by atoms with Gasteiger partial charge in [-0.05, 0) is 115 Å². The van der Waals surface area contributed by atoms with E-state index in [1.54, 1.807) is 0 Å². The fourth-order valence-corrected chi connectivity index (χ4v) is 7.94. The molecule has 1 aliphatic carbocycles. The summed E-state index contributed by atoms with van der Waals surface area (Å²) >= 11 is 0. The maximum absolute atomic E-state index is 4.48. The average Bonchev–Trinajstić information content (AvgIpc) is 3.45. The van der Waals surface area contributed by atoms with Gasteiger partial charge in [-0.2, -0.15) is 0 Å². The minimum absolute atomic E-state index is 0.130. The monoisotopic (exact) mass is 666 g/mol. The highest BCUT2D eigenvalue weighted by atomic mass is 15.1. The van der Waals surface area contributed by atoms with E-state index in [4.69, 9.17) is 0 Å². The number of hydrogen-bond acceptors (Lipinski definition) is 2. The number of aromatic nitrogens is 1. The van der Waals surface area contributed by atoms with Crippen LogP contribution in [0.3, 0.4) is 0 Å². The Balaban J connectivity index is 1.07. The van der Waals surface area contributed by atoms with Gasteiger partial charge in [0.25, 0.3) is 0 Å². The Kier molecular flexibility index (Phi) is 7.86. The summed E-state index contributed by atoms with van der Waals surface area (Å²) in [5.41, 5.74) is 18.2. The van der Waals surface area contributed by atoms with Gasteiger partial charge < -0.3 is 4.90 Å². The highest BCUT2D eigenvalue weighted by molar-refractivity contribution is 5.89. The molecule has 7 aromatic carbocycles. The van der Waals surface area contributed by atoms with Crippen LogP contribution in [0.25, 0.3) is 55.6 Å². The second-order valence-electron chi connectivity index (χ2n) is 14.1. The van der Waals surface area contributed by atoms with E-state index in [0.717, 1.165) is 17.1 Å². The van der Waals surface area contributed by atoms with Crippen LogP contribution in [0.1, 0.15) is 25.0 Å². The van der Waals surface area contributed by atoms with Crippen molar-refractivity contribution in [1.82, 2.24) is 4.98 Å². The zero-order valence-corrected chi connectivity index (χ0v) is 29.4. The minimum atomic E-state index is -0.130. The van der Waals surface area contributed by atoms with Crippen molar-refractivity contribution in [3.63, 3.8) is 0 Å². The second kappa shape index (κ2) is 13.0. The molecule has 248 valence electrons. The molecule has 0 saturated heterocycles. The molecule has 0 fully saturated rings. The molecule has 2 nitrogen and oxygen atoms in total. The summed E-state index contributed by atoms with van der Waals surface area (Å²) in [6.45, 7) is 4.64. The highest BCUT2D eigenvalue weighted by Gasteiger charge is 2.37. The Morgan fingerprint density at radius 3 is 1.38 bits per heavy atom. The molecular formula is C50H38N2. The van der Waals surface area contributed by atoms with E-state index in [1.807, 2.05) is 12.4 Å². The lowest BCUT2D eigenvalue weighted by Crippen LogP contribution is -2.16. The van der Waals surface area contributed by atoms with Crippen LogP contribution in [-0.2, 0) is 5.41 Å². The lowest BCUT2D eigenvalue weighted by atomic mass is 9.79. The van der Waals surface area contributed by atoms with Gasteiger partial charge in [0.15, 0.2) is 0 Å². The zero-order valence-electron chi connectivity index (χ0n) is 29.4. The van der Waals surface area contributed by atoms with Gasteiger partial charge in [-0.15, -0.1) is 0 Å². The summed E-state index contributed by atoms with van der Waals surface area (Å²) in [6, 6.07) is 65.7. The molecule has 0 atom stereocenters. The van der Waals surface area contributed by atoms with E-state index >= 15 is 0 Å². The van der Waals surface area contributed by atoms with E-state index < -0.39 is 0 Å². The fourth-order valence-electron chi connectivity index (χ4n) is 7.94. The first-order chi connectivity index (χ1) is 25.5. The van der Waals surface area contributed by atoms with E-state index in [0.29, 0.717) is 0 Å². The van der Waals surface area contributed by atoms with Crippen molar-refractivity contribution in [1.29, 1.82) is 0 Å². The Bertz CT molecular complexity index is 2410.